The summed E-state index contributed by atoms with van der Waals surface area (Å²) in [5, 5.41) is 13.3. The van der Waals surface area contributed by atoms with Crippen LogP contribution in [0.2, 0.25) is 0 Å². The lowest BCUT2D eigenvalue weighted by molar-refractivity contribution is 0.337. The van der Waals surface area contributed by atoms with Crippen molar-refractivity contribution in [2.75, 3.05) is 18.5 Å². The first-order chi connectivity index (χ1) is 14.2. The van der Waals surface area contributed by atoms with Gasteiger partial charge >= 0.3 is 5.63 Å². The van der Waals surface area contributed by atoms with Gasteiger partial charge in [-0.05, 0) is 38.1 Å². The summed E-state index contributed by atoms with van der Waals surface area (Å²) in [5.41, 5.74) is 1.08. The number of ether oxygens (including phenoxy) is 2. The molecule has 0 aliphatic heterocycles. The maximum Gasteiger partial charge on any atom is 0.346 e. The molecule has 29 heavy (non-hydrogen) atoms. The van der Waals surface area contributed by atoms with E-state index in [4.69, 9.17) is 13.9 Å². The molecule has 148 valence electrons. The van der Waals surface area contributed by atoms with Gasteiger partial charge in [-0.1, -0.05) is 35.6 Å². The lowest BCUT2D eigenvalue weighted by atomic mass is 10.2. The molecule has 0 amide bonds. The van der Waals surface area contributed by atoms with Gasteiger partial charge in [0.25, 0.3) is 0 Å². The highest BCUT2D eigenvalue weighted by molar-refractivity contribution is 7.18. The smallest absolute Gasteiger partial charge is 0.346 e. The number of benzene rings is 2. The van der Waals surface area contributed by atoms with E-state index in [0.717, 1.165) is 16.8 Å². The molecule has 8 heteroatoms. The van der Waals surface area contributed by atoms with E-state index in [0.29, 0.717) is 40.2 Å². The van der Waals surface area contributed by atoms with Gasteiger partial charge in [0.2, 0.25) is 5.13 Å². The Labute approximate surface area is 170 Å². The number of para-hydroxylation sites is 3. The SMILES string of the molecule is CCOc1ccccc1Nc1nnc(-c2cc3cccc(OCC)c3oc2=O)s1. The molecule has 4 rings (SSSR count). The molecule has 0 unspecified atom stereocenters. The predicted octanol–water partition coefficient (Wildman–Crippen LogP) is 4.85. The van der Waals surface area contributed by atoms with Gasteiger partial charge in [-0.25, -0.2) is 4.79 Å². The average Bonchev–Trinajstić information content (AvgIpc) is 3.18. The summed E-state index contributed by atoms with van der Waals surface area (Å²) in [6.07, 6.45) is 0. The normalized spacial score (nSPS) is 10.8. The zero-order valence-corrected chi connectivity index (χ0v) is 16.8. The van der Waals surface area contributed by atoms with Crippen LogP contribution in [0.3, 0.4) is 0 Å². The quantitative estimate of drug-likeness (QED) is 0.437. The van der Waals surface area contributed by atoms with Crippen LogP contribution in [0, 0.1) is 0 Å². The Kier molecular flexibility index (Phi) is 5.44. The number of anilines is 2. The number of hydrogen-bond donors (Lipinski definition) is 1. The van der Waals surface area contributed by atoms with Crippen LogP contribution < -0.4 is 20.4 Å². The maximum absolute atomic E-state index is 12.6. The van der Waals surface area contributed by atoms with Gasteiger partial charge in [-0.2, -0.15) is 0 Å². The fourth-order valence-electron chi connectivity index (χ4n) is 2.89. The van der Waals surface area contributed by atoms with Crippen molar-refractivity contribution >= 4 is 33.1 Å². The number of fused-ring (bicyclic) bond motifs is 1. The van der Waals surface area contributed by atoms with Crippen LogP contribution in [0.15, 0.2) is 57.7 Å². The van der Waals surface area contributed by atoms with E-state index in [1.807, 2.05) is 50.2 Å². The molecule has 0 saturated carbocycles. The highest BCUT2D eigenvalue weighted by atomic mass is 32.1. The molecule has 0 bridgehead atoms. The first-order valence-corrected chi connectivity index (χ1v) is 10.0. The number of hydrogen-bond acceptors (Lipinski definition) is 8. The van der Waals surface area contributed by atoms with E-state index < -0.39 is 5.63 Å². The monoisotopic (exact) mass is 409 g/mol. The Morgan fingerprint density at radius 1 is 1.00 bits per heavy atom. The number of rotatable bonds is 7. The molecule has 0 saturated heterocycles. The maximum atomic E-state index is 12.6. The molecule has 4 aromatic rings. The van der Waals surface area contributed by atoms with E-state index >= 15 is 0 Å². The van der Waals surface area contributed by atoms with E-state index in [9.17, 15) is 4.79 Å². The van der Waals surface area contributed by atoms with Gasteiger partial charge in [0.1, 0.15) is 5.75 Å². The predicted molar refractivity (Wildman–Crippen MR) is 113 cm³/mol. The van der Waals surface area contributed by atoms with Crippen LogP contribution in [0.25, 0.3) is 21.5 Å². The zero-order valence-electron chi connectivity index (χ0n) is 16.0. The third-order valence-electron chi connectivity index (χ3n) is 4.11. The minimum atomic E-state index is -0.484. The first kappa shape index (κ1) is 18.9. The summed E-state index contributed by atoms with van der Waals surface area (Å²) in [7, 11) is 0. The highest BCUT2D eigenvalue weighted by Gasteiger charge is 2.16. The molecule has 1 N–H and O–H groups in total. The highest BCUT2D eigenvalue weighted by Crippen LogP contribution is 2.33. The molecule has 2 aromatic carbocycles. The van der Waals surface area contributed by atoms with Gasteiger partial charge in [-0.3, -0.25) is 0 Å². The van der Waals surface area contributed by atoms with E-state index in [2.05, 4.69) is 15.5 Å². The Morgan fingerprint density at radius 3 is 2.59 bits per heavy atom. The minimum Gasteiger partial charge on any atom is -0.492 e. The summed E-state index contributed by atoms with van der Waals surface area (Å²) in [6.45, 7) is 4.85. The molecule has 0 aliphatic carbocycles. The summed E-state index contributed by atoms with van der Waals surface area (Å²) in [5.74, 6) is 1.27. The van der Waals surface area contributed by atoms with Crippen molar-refractivity contribution in [2.45, 2.75) is 13.8 Å². The average molecular weight is 409 g/mol. The third-order valence-corrected chi connectivity index (χ3v) is 4.98. The second-order valence-electron chi connectivity index (χ2n) is 6.02. The summed E-state index contributed by atoms with van der Waals surface area (Å²) in [6, 6.07) is 14.8. The van der Waals surface area contributed by atoms with Gasteiger partial charge in [0, 0.05) is 5.39 Å². The molecule has 2 heterocycles. The number of nitrogens with one attached hydrogen (secondary N) is 1. The lowest BCUT2D eigenvalue weighted by Crippen LogP contribution is -2.03. The Balaban J connectivity index is 1.67. The van der Waals surface area contributed by atoms with Crippen molar-refractivity contribution < 1.29 is 13.9 Å². The summed E-state index contributed by atoms with van der Waals surface area (Å²) >= 11 is 1.26. The molecule has 0 atom stereocenters. The van der Waals surface area contributed by atoms with E-state index in [1.54, 1.807) is 12.1 Å². The first-order valence-electron chi connectivity index (χ1n) is 9.22. The summed E-state index contributed by atoms with van der Waals surface area (Å²) < 4.78 is 16.7. The van der Waals surface area contributed by atoms with Crippen molar-refractivity contribution in [3.05, 3.63) is 59.0 Å². The van der Waals surface area contributed by atoms with Crippen LogP contribution in [0.1, 0.15) is 13.8 Å². The van der Waals surface area contributed by atoms with Crippen LogP contribution in [0.4, 0.5) is 10.8 Å². The summed E-state index contributed by atoms with van der Waals surface area (Å²) in [4.78, 5) is 12.6. The third kappa shape index (κ3) is 3.93. The molecule has 0 fully saturated rings. The second-order valence-corrected chi connectivity index (χ2v) is 7.00. The van der Waals surface area contributed by atoms with Gasteiger partial charge in [0.15, 0.2) is 16.3 Å². The van der Waals surface area contributed by atoms with Crippen LogP contribution in [-0.2, 0) is 0 Å². The Morgan fingerprint density at radius 2 is 1.76 bits per heavy atom. The molecular formula is C21H19N3O4S. The number of aromatic nitrogens is 2. The van der Waals surface area contributed by atoms with Gasteiger partial charge in [0.05, 0.1) is 24.5 Å². The zero-order chi connectivity index (χ0) is 20.2. The fraction of sp³-hybridized carbons (Fsp3) is 0.190. The standard InChI is InChI=1S/C21H19N3O4S/c1-3-26-16-10-6-5-9-15(16)22-21-24-23-19(29-21)14-12-13-8-7-11-17(27-4-2)18(13)28-20(14)25/h5-12H,3-4H2,1-2H3,(H,22,24). The fourth-order valence-corrected chi connectivity index (χ4v) is 3.64. The van der Waals surface area contributed by atoms with Crippen LogP contribution in [-0.4, -0.2) is 23.4 Å². The second kappa shape index (κ2) is 8.32. The lowest BCUT2D eigenvalue weighted by Gasteiger charge is -2.09. The molecule has 0 spiro atoms. The number of nitrogens with zero attached hydrogens (tertiary/aromatic N) is 2. The van der Waals surface area contributed by atoms with Crippen molar-refractivity contribution in [2.24, 2.45) is 0 Å². The molecule has 0 radical (unpaired) electrons. The van der Waals surface area contributed by atoms with Crippen LogP contribution in [0.5, 0.6) is 11.5 Å². The minimum absolute atomic E-state index is 0.356. The Hall–Kier alpha value is -3.39. The van der Waals surface area contributed by atoms with Crippen molar-refractivity contribution in [1.29, 1.82) is 0 Å². The van der Waals surface area contributed by atoms with Crippen molar-refractivity contribution in [3.63, 3.8) is 0 Å². The molecule has 0 aliphatic rings. The topological polar surface area (TPSA) is 86.5 Å². The molecule has 7 nitrogen and oxygen atoms in total. The van der Waals surface area contributed by atoms with Gasteiger partial charge in [-0.15, -0.1) is 10.2 Å². The van der Waals surface area contributed by atoms with E-state index in [-0.39, 0.29) is 0 Å². The van der Waals surface area contributed by atoms with Crippen LogP contribution >= 0.6 is 11.3 Å². The Bertz CT molecular complexity index is 1200. The van der Waals surface area contributed by atoms with E-state index in [1.165, 1.54) is 11.3 Å². The van der Waals surface area contributed by atoms with Crippen molar-refractivity contribution in [1.82, 2.24) is 10.2 Å². The molecule has 2 aromatic heterocycles. The largest absolute Gasteiger partial charge is 0.492 e. The van der Waals surface area contributed by atoms with Crippen molar-refractivity contribution in [3.8, 4) is 22.1 Å². The molecular weight excluding hydrogens is 390 g/mol. The van der Waals surface area contributed by atoms with Gasteiger partial charge < -0.3 is 19.2 Å².